The summed E-state index contributed by atoms with van der Waals surface area (Å²) < 4.78 is 15.7. The Morgan fingerprint density at radius 1 is 1.23 bits per heavy atom. The highest BCUT2D eigenvalue weighted by molar-refractivity contribution is 5.96. The average Bonchev–Trinajstić information content (AvgIpc) is 3.02. The number of hydrogen-bond donors (Lipinski definition) is 4. The van der Waals surface area contributed by atoms with Crippen molar-refractivity contribution in [3.05, 3.63) is 28.4 Å². The van der Waals surface area contributed by atoms with Gasteiger partial charge in [0.2, 0.25) is 0 Å². The predicted molar refractivity (Wildman–Crippen MR) is 101 cm³/mol. The van der Waals surface area contributed by atoms with E-state index in [4.69, 9.17) is 14.2 Å². The maximum atomic E-state index is 12.7. The van der Waals surface area contributed by atoms with Crippen molar-refractivity contribution in [1.82, 2.24) is 14.9 Å². The summed E-state index contributed by atoms with van der Waals surface area (Å²) in [6.45, 7) is 2.58. The van der Waals surface area contributed by atoms with Gasteiger partial charge in [0.1, 0.15) is 24.4 Å². The molecule has 4 unspecified atom stereocenters. The lowest BCUT2D eigenvalue weighted by Gasteiger charge is -2.19. The van der Waals surface area contributed by atoms with E-state index in [2.05, 4.69) is 10.3 Å². The van der Waals surface area contributed by atoms with Crippen LogP contribution in [0.2, 0.25) is 0 Å². The van der Waals surface area contributed by atoms with E-state index in [1.807, 2.05) is 0 Å². The third-order valence-corrected chi connectivity index (χ3v) is 4.43. The third-order valence-electron chi connectivity index (χ3n) is 4.43. The number of aliphatic hydroxyl groups is 3. The van der Waals surface area contributed by atoms with Gasteiger partial charge in [-0.2, -0.15) is 0 Å². The Hall–Kier alpha value is -2.87. The van der Waals surface area contributed by atoms with Crippen LogP contribution in [0.4, 0.5) is 0 Å². The van der Waals surface area contributed by atoms with E-state index in [0.29, 0.717) is 0 Å². The molecular weight excluding hydrogens is 418 g/mol. The van der Waals surface area contributed by atoms with E-state index in [1.165, 1.54) is 0 Å². The van der Waals surface area contributed by atoms with Gasteiger partial charge in [0.05, 0.1) is 26.2 Å². The van der Waals surface area contributed by atoms with Crippen LogP contribution in [0, 0.1) is 0 Å². The second-order valence-corrected chi connectivity index (χ2v) is 6.50. The third kappa shape index (κ3) is 5.64. The van der Waals surface area contributed by atoms with Gasteiger partial charge in [-0.05, 0) is 13.8 Å². The van der Waals surface area contributed by atoms with E-state index < -0.39 is 72.7 Å². The van der Waals surface area contributed by atoms with Crippen LogP contribution in [-0.4, -0.2) is 86.9 Å². The summed E-state index contributed by atoms with van der Waals surface area (Å²) in [7, 11) is 0. The molecule has 0 aromatic carbocycles. The molecular formula is C18H25N3O10. The first-order valence-corrected chi connectivity index (χ1v) is 9.57. The molecule has 1 aromatic heterocycles. The van der Waals surface area contributed by atoms with E-state index in [-0.39, 0.29) is 13.2 Å². The lowest BCUT2D eigenvalue weighted by atomic mass is 10.1. The summed E-state index contributed by atoms with van der Waals surface area (Å²) >= 11 is 0. The van der Waals surface area contributed by atoms with Crippen LogP contribution >= 0.6 is 0 Å². The molecule has 13 nitrogen and oxygen atoms in total. The van der Waals surface area contributed by atoms with Crippen molar-refractivity contribution < 1.29 is 43.9 Å². The van der Waals surface area contributed by atoms with Crippen LogP contribution in [0.25, 0.3) is 0 Å². The molecule has 5 atom stereocenters. The van der Waals surface area contributed by atoms with Crippen molar-refractivity contribution in [3.8, 4) is 0 Å². The van der Waals surface area contributed by atoms with E-state index in [1.54, 1.807) is 13.8 Å². The fourth-order valence-electron chi connectivity index (χ4n) is 2.94. The summed E-state index contributed by atoms with van der Waals surface area (Å²) in [6, 6.07) is -1.42. The van der Waals surface area contributed by atoms with Gasteiger partial charge in [-0.25, -0.2) is 9.78 Å². The standard InChI is InChI=1S/C18H25N3O10/c1-3-29-11(23)7-9(18(28)30-4-2)20-15(26)12-16(27)21(6-5-19-12)17-14(25)13(24)10(8-22)31-17/h5-6,9-10,13-14,17,22,24-25H,3-4,7-8H2,1-2H3,(H,20,26)/t9-,10?,13?,14?,17?/m1/s1. The van der Waals surface area contributed by atoms with Crippen molar-refractivity contribution in [2.45, 2.75) is 50.8 Å². The summed E-state index contributed by atoms with van der Waals surface area (Å²) in [4.78, 5) is 52.9. The van der Waals surface area contributed by atoms with Crippen molar-refractivity contribution >= 4 is 17.8 Å². The zero-order chi connectivity index (χ0) is 23.1. The van der Waals surface area contributed by atoms with Gasteiger partial charge in [0.15, 0.2) is 11.9 Å². The van der Waals surface area contributed by atoms with Crippen LogP contribution in [0.5, 0.6) is 0 Å². The number of nitrogens with zero attached hydrogens (tertiary/aromatic N) is 2. The first-order valence-electron chi connectivity index (χ1n) is 9.57. The van der Waals surface area contributed by atoms with Crippen molar-refractivity contribution in [2.24, 2.45) is 0 Å². The largest absolute Gasteiger partial charge is 0.466 e. The van der Waals surface area contributed by atoms with Gasteiger partial charge in [-0.15, -0.1) is 0 Å². The lowest BCUT2D eigenvalue weighted by Crippen LogP contribution is -2.46. The summed E-state index contributed by atoms with van der Waals surface area (Å²) in [5, 5.41) is 31.4. The van der Waals surface area contributed by atoms with Gasteiger partial charge in [-0.3, -0.25) is 19.0 Å². The number of carbonyl (C=O) groups excluding carboxylic acids is 3. The highest BCUT2D eigenvalue weighted by atomic mass is 16.6. The number of aliphatic hydroxyl groups excluding tert-OH is 3. The molecule has 172 valence electrons. The molecule has 4 N–H and O–H groups in total. The Morgan fingerprint density at radius 3 is 2.48 bits per heavy atom. The van der Waals surface area contributed by atoms with E-state index in [9.17, 15) is 34.5 Å². The lowest BCUT2D eigenvalue weighted by molar-refractivity contribution is -0.152. The van der Waals surface area contributed by atoms with Gasteiger partial charge in [-0.1, -0.05) is 0 Å². The minimum Gasteiger partial charge on any atom is -0.466 e. The molecule has 0 radical (unpaired) electrons. The van der Waals surface area contributed by atoms with Gasteiger partial charge in [0, 0.05) is 12.4 Å². The average molecular weight is 443 g/mol. The first kappa shape index (κ1) is 24.4. The number of rotatable bonds is 9. The van der Waals surface area contributed by atoms with Crippen LogP contribution in [0.1, 0.15) is 37.0 Å². The summed E-state index contributed by atoms with van der Waals surface area (Å²) in [6.07, 6.45) is -3.83. The van der Waals surface area contributed by atoms with Crippen LogP contribution < -0.4 is 10.9 Å². The number of carbonyl (C=O) groups is 3. The zero-order valence-corrected chi connectivity index (χ0v) is 17.0. The predicted octanol–water partition coefficient (Wildman–Crippen LogP) is -2.53. The van der Waals surface area contributed by atoms with Gasteiger partial charge < -0.3 is 34.8 Å². The maximum Gasteiger partial charge on any atom is 0.329 e. The molecule has 1 saturated heterocycles. The molecule has 1 amide bonds. The van der Waals surface area contributed by atoms with E-state index in [0.717, 1.165) is 17.0 Å². The van der Waals surface area contributed by atoms with Crippen LogP contribution in [0.15, 0.2) is 17.2 Å². The van der Waals surface area contributed by atoms with Crippen molar-refractivity contribution in [2.75, 3.05) is 19.8 Å². The normalized spacial score (nSPS) is 23.8. The second kappa shape index (κ2) is 10.9. The summed E-state index contributed by atoms with van der Waals surface area (Å²) in [5.41, 5.74) is -1.65. The zero-order valence-electron chi connectivity index (χ0n) is 17.0. The Labute approximate surface area is 176 Å². The summed E-state index contributed by atoms with van der Waals surface area (Å²) in [5.74, 6) is -2.73. The Morgan fingerprint density at radius 2 is 1.90 bits per heavy atom. The molecule has 0 saturated carbocycles. The number of amides is 1. The SMILES string of the molecule is CCOC(=O)C[C@@H](NC(=O)c1nccn(C2OC(CO)C(O)C2O)c1=O)C(=O)OCC. The Bertz CT molecular complexity index is 857. The molecule has 0 spiro atoms. The number of aromatic nitrogens is 2. The second-order valence-electron chi connectivity index (χ2n) is 6.50. The molecule has 0 aliphatic carbocycles. The molecule has 1 aliphatic heterocycles. The number of ether oxygens (including phenoxy) is 3. The van der Waals surface area contributed by atoms with Crippen molar-refractivity contribution in [1.29, 1.82) is 0 Å². The minimum absolute atomic E-state index is 0.00429. The van der Waals surface area contributed by atoms with Gasteiger partial charge in [0.25, 0.3) is 11.5 Å². The first-order chi connectivity index (χ1) is 14.7. The molecule has 1 aliphatic rings. The molecule has 0 bridgehead atoms. The van der Waals surface area contributed by atoms with Crippen LogP contribution in [0.3, 0.4) is 0 Å². The maximum absolute atomic E-state index is 12.7. The number of nitrogens with one attached hydrogen (secondary N) is 1. The van der Waals surface area contributed by atoms with E-state index >= 15 is 0 Å². The Balaban J connectivity index is 2.26. The fourth-order valence-corrected chi connectivity index (χ4v) is 2.94. The molecule has 2 rings (SSSR count). The smallest absolute Gasteiger partial charge is 0.329 e. The molecule has 13 heteroatoms. The molecule has 1 fully saturated rings. The molecule has 2 heterocycles. The van der Waals surface area contributed by atoms with Crippen LogP contribution in [-0.2, 0) is 23.8 Å². The van der Waals surface area contributed by atoms with Crippen molar-refractivity contribution in [3.63, 3.8) is 0 Å². The Kier molecular flexibility index (Phi) is 8.62. The number of hydrogen-bond acceptors (Lipinski definition) is 11. The quantitative estimate of drug-likeness (QED) is 0.295. The monoisotopic (exact) mass is 443 g/mol. The fraction of sp³-hybridized carbons (Fsp3) is 0.611. The van der Waals surface area contributed by atoms with Gasteiger partial charge >= 0.3 is 11.9 Å². The minimum atomic E-state index is -1.55. The number of esters is 2. The highest BCUT2D eigenvalue weighted by Gasteiger charge is 2.44. The topological polar surface area (TPSA) is 187 Å². The highest BCUT2D eigenvalue weighted by Crippen LogP contribution is 2.27. The molecule has 1 aromatic rings. The molecule has 31 heavy (non-hydrogen) atoms.